The fourth-order valence-corrected chi connectivity index (χ4v) is 5.70. The lowest BCUT2D eigenvalue weighted by atomic mass is 9.87. The molecular formula is C40H36O7. The second-order valence-electron chi connectivity index (χ2n) is 11.2. The quantitative estimate of drug-likeness (QED) is 0.140. The molecule has 238 valence electrons. The second kappa shape index (κ2) is 15.2. The van der Waals surface area contributed by atoms with E-state index in [9.17, 15) is 9.90 Å². The standard InChI is InChI=1S/C40H36O7/c1-28-15-14-24-34(33(28)25-26-36(41)42)37-39(45-31-20-10-4-11-21-31)40(46-32-22-12-5-13-23-32)38(44-30-18-8-3-9-19-30)35(47-37)27-43-29-16-6-2-7-17-29/h2-26,35,37-40H,27H2,1H3,(H,41,42)/b26-25+/t35-,37-,38-,39-,40+/m1/s1. The Kier molecular flexibility index (Phi) is 10.2. The van der Waals surface area contributed by atoms with Gasteiger partial charge in [-0.05, 0) is 78.2 Å². The molecule has 7 nitrogen and oxygen atoms in total. The first-order valence-electron chi connectivity index (χ1n) is 15.5. The molecule has 1 N–H and O–H groups in total. The topological polar surface area (TPSA) is 83.5 Å². The van der Waals surface area contributed by atoms with Gasteiger partial charge < -0.3 is 28.8 Å². The summed E-state index contributed by atoms with van der Waals surface area (Å²) in [5.41, 5.74) is 2.38. The molecule has 5 aromatic carbocycles. The first-order valence-corrected chi connectivity index (χ1v) is 15.5. The molecule has 7 heteroatoms. The summed E-state index contributed by atoms with van der Waals surface area (Å²) in [7, 11) is 0. The summed E-state index contributed by atoms with van der Waals surface area (Å²) in [6.45, 7) is 2.09. The minimum Gasteiger partial charge on any atom is -0.491 e. The Hall–Kier alpha value is -5.53. The number of carboxylic acid groups (broad SMARTS) is 1. The number of ether oxygens (including phenoxy) is 5. The smallest absolute Gasteiger partial charge is 0.328 e. The van der Waals surface area contributed by atoms with Crippen LogP contribution in [0.4, 0.5) is 0 Å². The van der Waals surface area contributed by atoms with E-state index < -0.39 is 36.5 Å². The van der Waals surface area contributed by atoms with Crippen LogP contribution in [0, 0.1) is 6.92 Å². The van der Waals surface area contributed by atoms with Gasteiger partial charge in [0.1, 0.15) is 41.8 Å². The van der Waals surface area contributed by atoms with Crippen molar-refractivity contribution in [2.24, 2.45) is 0 Å². The van der Waals surface area contributed by atoms with E-state index in [1.807, 2.05) is 146 Å². The third kappa shape index (κ3) is 8.01. The lowest BCUT2D eigenvalue weighted by molar-refractivity contribution is -0.210. The van der Waals surface area contributed by atoms with Crippen molar-refractivity contribution in [3.8, 4) is 23.0 Å². The molecule has 1 saturated heterocycles. The average Bonchev–Trinajstić information content (AvgIpc) is 3.10. The van der Waals surface area contributed by atoms with Crippen LogP contribution < -0.4 is 18.9 Å². The summed E-state index contributed by atoms with van der Waals surface area (Å²) in [4.78, 5) is 11.6. The molecule has 0 amide bonds. The van der Waals surface area contributed by atoms with Gasteiger partial charge in [-0.3, -0.25) is 0 Å². The molecule has 5 aromatic rings. The van der Waals surface area contributed by atoms with Gasteiger partial charge in [0.15, 0.2) is 18.3 Å². The van der Waals surface area contributed by atoms with Gasteiger partial charge in [0, 0.05) is 6.08 Å². The second-order valence-corrected chi connectivity index (χ2v) is 11.2. The molecule has 0 saturated carbocycles. The molecule has 0 bridgehead atoms. The van der Waals surface area contributed by atoms with Crippen molar-refractivity contribution in [1.29, 1.82) is 0 Å². The molecule has 0 unspecified atom stereocenters. The van der Waals surface area contributed by atoms with Crippen molar-refractivity contribution in [1.82, 2.24) is 0 Å². The molecule has 1 aliphatic rings. The molecule has 0 aliphatic carbocycles. The van der Waals surface area contributed by atoms with Crippen molar-refractivity contribution >= 4 is 12.0 Å². The molecule has 1 heterocycles. The number of carboxylic acids is 1. The maximum absolute atomic E-state index is 11.6. The average molecular weight is 629 g/mol. The maximum Gasteiger partial charge on any atom is 0.328 e. The Morgan fingerprint density at radius 2 is 1.13 bits per heavy atom. The van der Waals surface area contributed by atoms with E-state index in [1.54, 1.807) is 6.08 Å². The third-order valence-electron chi connectivity index (χ3n) is 7.89. The summed E-state index contributed by atoms with van der Waals surface area (Å²) >= 11 is 0. The van der Waals surface area contributed by atoms with Crippen LogP contribution in [0.25, 0.3) is 6.08 Å². The van der Waals surface area contributed by atoms with Crippen molar-refractivity contribution in [2.75, 3.05) is 6.61 Å². The predicted octanol–water partition coefficient (Wildman–Crippen LogP) is 7.95. The maximum atomic E-state index is 11.6. The number of hydrogen-bond acceptors (Lipinski definition) is 6. The van der Waals surface area contributed by atoms with E-state index in [1.165, 1.54) is 0 Å². The first-order chi connectivity index (χ1) is 23.0. The van der Waals surface area contributed by atoms with Crippen LogP contribution in [0.1, 0.15) is 22.8 Å². The van der Waals surface area contributed by atoms with Crippen LogP contribution >= 0.6 is 0 Å². The molecule has 0 radical (unpaired) electrons. The summed E-state index contributed by atoms with van der Waals surface area (Å²) in [6, 6.07) is 43.9. The van der Waals surface area contributed by atoms with Crippen LogP contribution in [0.2, 0.25) is 0 Å². The number of aliphatic carboxylic acids is 1. The van der Waals surface area contributed by atoms with Gasteiger partial charge in [-0.1, -0.05) is 91.0 Å². The lowest BCUT2D eigenvalue weighted by Gasteiger charge is -2.46. The first kappa shape index (κ1) is 31.5. The third-order valence-corrected chi connectivity index (χ3v) is 7.89. The molecule has 0 aromatic heterocycles. The zero-order valence-electron chi connectivity index (χ0n) is 25.9. The SMILES string of the molecule is Cc1cccc([C@H]2O[C@H](COc3ccccc3)[C@@H](Oc3ccccc3)[C@H](Oc3ccccc3)[C@@H]2Oc2ccccc2)c1/C=C/C(=O)O. The fourth-order valence-electron chi connectivity index (χ4n) is 5.70. The Balaban J connectivity index is 1.49. The molecule has 6 rings (SSSR count). The summed E-state index contributed by atoms with van der Waals surface area (Å²) < 4.78 is 33.6. The highest BCUT2D eigenvalue weighted by atomic mass is 16.6. The van der Waals surface area contributed by atoms with Gasteiger partial charge in [0.25, 0.3) is 0 Å². The number of hydrogen-bond donors (Lipinski definition) is 1. The molecule has 1 fully saturated rings. The number of aryl methyl sites for hydroxylation is 1. The Bertz CT molecular complexity index is 1740. The van der Waals surface area contributed by atoms with Gasteiger partial charge in [-0.15, -0.1) is 0 Å². The van der Waals surface area contributed by atoms with E-state index in [-0.39, 0.29) is 6.61 Å². The summed E-state index contributed by atoms with van der Waals surface area (Å²) in [6.07, 6.45) is -0.745. The number of para-hydroxylation sites is 4. The van der Waals surface area contributed by atoms with Gasteiger partial charge in [0.05, 0.1) is 0 Å². The molecule has 0 spiro atoms. The normalized spacial score (nSPS) is 20.7. The highest BCUT2D eigenvalue weighted by Crippen LogP contribution is 2.41. The summed E-state index contributed by atoms with van der Waals surface area (Å²) in [5.74, 6) is 1.55. The Labute approximate surface area is 274 Å². The number of rotatable bonds is 12. The van der Waals surface area contributed by atoms with E-state index in [2.05, 4.69) is 0 Å². The zero-order chi connectivity index (χ0) is 32.4. The summed E-state index contributed by atoms with van der Waals surface area (Å²) in [5, 5.41) is 9.52. The monoisotopic (exact) mass is 628 g/mol. The van der Waals surface area contributed by atoms with Crippen molar-refractivity contribution < 1.29 is 33.6 Å². The van der Waals surface area contributed by atoms with Gasteiger partial charge in [-0.25, -0.2) is 4.79 Å². The molecule has 1 aliphatic heterocycles. The van der Waals surface area contributed by atoms with Crippen molar-refractivity contribution in [3.05, 3.63) is 162 Å². The Morgan fingerprint density at radius 3 is 1.66 bits per heavy atom. The molecular weight excluding hydrogens is 592 g/mol. The zero-order valence-corrected chi connectivity index (χ0v) is 25.9. The minimum absolute atomic E-state index is 0.150. The number of carbonyl (C=O) groups is 1. The molecule has 5 atom stereocenters. The van der Waals surface area contributed by atoms with Crippen LogP contribution in [0.3, 0.4) is 0 Å². The predicted molar refractivity (Wildman–Crippen MR) is 180 cm³/mol. The highest BCUT2D eigenvalue weighted by molar-refractivity contribution is 5.86. The lowest BCUT2D eigenvalue weighted by Crippen LogP contribution is -2.62. The van der Waals surface area contributed by atoms with Crippen LogP contribution in [0.15, 0.2) is 146 Å². The Morgan fingerprint density at radius 1 is 0.638 bits per heavy atom. The largest absolute Gasteiger partial charge is 0.491 e. The van der Waals surface area contributed by atoms with Crippen molar-refractivity contribution in [2.45, 2.75) is 37.4 Å². The fraction of sp³-hybridized carbons (Fsp3) is 0.175. The minimum atomic E-state index is -1.04. The number of benzene rings is 5. The van der Waals surface area contributed by atoms with Crippen LogP contribution in [-0.4, -0.2) is 42.1 Å². The van der Waals surface area contributed by atoms with E-state index >= 15 is 0 Å². The molecule has 47 heavy (non-hydrogen) atoms. The van der Waals surface area contributed by atoms with E-state index in [0.717, 1.165) is 22.8 Å². The van der Waals surface area contributed by atoms with Crippen LogP contribution in [0.5, 0.6) is 23.0 Å². The van der Waals surface area contributed by atoms with Gasteiger partial charge in [-0.2, -0.15) is 0 Å². The van der Waals surface area contributed by atoms with E-state index in [4.69, 9.17) is 23.7 Å². The highest BCUT2D eigenvalue weighted by Gasteiger charge is 2.52. The van der Waals surface area contributed by atoms with E-state index in [0.29, 0.717) is 23.0 Å². The van der Waals surface area contributed by atoms with Gasteiger partial charge in [0.2, 0.25) is 0 Å². The van der Waals surface area contributed by atoms with Crippen molar-refractivity contribution in [3.63, 3.8) is 0 Å². The van der Waals surface area contributed by atoms with Gasteiger partial charge >= 0.3 is 5.97 Å². The van der Waals surface area contributed by atoms with Crippen LogP contribution in [-0.2, 0) is 9.53 Å².